The number of sulfonamides is 1. The van der Waals surface area contributed by atoms with Crippen LogP contribution in [-0.4, -0.2) is 35.4 Å². The van der Waals surface area contributed by atoms with E-state index >= 15 is 0 Å². The predicted octanol–water partition coefficient (Wildman–Crippen LogP) is 4.28. The van der Waals surface area contributed by atoms with Gasteiger partial charge < -0.3 is 5.32 Å². The van der Waals surface area contributed by atoms with Gasteiger partial charge in [0, 0.05) is 17.3 Å². The number of aromatic nitrogens is 2. The molecule has 1 aromatic heterocycles. The van der Waals surface area contributed by atoms with Crippen LogP contribution < -0.4 is 5.32 Å². The molecule has 0 unspecified atom stereocenters. The number of anilines is 1. The van der Waals surface area contributed by atoms with E-state index < -0.39 is 22.0 Å². The second-order valence-electron chi connectivity index (χ2n) is 6.95. The van der Waals surface area contributed by atoms with Crippen LogP contribution in [0.1, 0.15) is 39.3 Å². The van der Waals surface area contributed by atoms with Gasteiger partial charge in [0.25, 0.3) is 5.91 Å². The van der Waals surface area contributed by atoms with Crippen molar-refractivity contribution in [1.82, 2.24) is 14.5 Å². The van der Waals surface area contributed by atoms with Gasteiger partial charge in [-0.25, -0.2) is 8.42 Å². The lowest BCUT2D eigenvalue weighted by molar-refractivity contribution is 0.102. The summed E-state index contributed by atoms with van der Waals surface area (Å²) in [4.78, 5) is 12.8. The van der Waals surface area contributed by atoms with Crippen LogP contribution in [0.25, 0.3) is 0 Å². The minimum absolute atomic E-state index is 0.181. The van der Waals surface area contributed by atoms with Crippen LogP contribution in [0.4, 0.5) is 5.69 Å². The molecule has 2 aromatic carbocycles. The molecular weight excluding hydrogens is 444 g/mol. The van der Waals surface area contributed by atoms with Gasteiger partial charge in [0.15, 0.2) is 0 Å². The monoisotopic (exact) mass is 462 g/mol. The number of halogens is 1. The SMILES string of the molecule is Cc1ccccc1S(=O)(=O)N1CCC[C@@H]1c1nnc(C(=O)Nc2ccc(Cl)cc2)s1. The topological polar surface area (TPSA) is 92.3 Å². The highest BCUT2D eigenvalue weighted by atomic mass is 35.5. The fourth-order valence-corrected chi connectivity index (χ4v) is 6.39. The molecule has 10 heteroatoms. The molecule has 1 aliphatic rings. The van der Waals surface area contributed by atoms with Crippen LogP contribution in [0.2, 0.25) is 5.02 Å². The molecule has 7 nitrogen and oxygen atoms in total. The number of nitrogens with one attached hydrogen (secondary N) is 1. The summed E-state index contributed by atoms with van der Waals surface area (Å²) in [6, 6.07) is 13.2. The maximum Gasteiger partial charge on any atom is 0.286 e. The lowest BCUT2D eigenvalue weighted by Crippen LogP contribution is -2.31. The van der Waals surface area contributed by atoms with Crippen molar-refractivity contribution >= 4 is 44.6 Å². The Bertz CT molecular complexity index is 1180. The van der Waals surface area contributed by atoms with E-state index in [0.717, 1.165) is 17.8 Å². The summed E-state index contributed by atoms with van der Waals surface area (Å²) in [6.07, 6.45) is 1.36. The zero-order valence-corrected chi connectivity index (χ0v) is 18.5. The molecule has 0 bridgehead atoms. The summed E-state index contributed by atoms with van der Waals surface area (Å²) in [5.74, 6) is -0.396. The molecule has 1 atom stereocenters. The van der Waals surface area contributed by atoms with Crippen LogP contribution in [0.15, 0.2) is 53.4 Å². The summed E-state index contributed by atoms with van der Waals surface area (Å²) in [7, 11) is -3.67. The highest BCUT2D eigenvalue weighted by molar-refractivity contribution is 7.89. The summed E-state index contributed by atoms with van der Waals surface area (Å²) < 4.78 is 28.0. The third-order valence-electron chi connectivity index (χ3n) is 4.91. The number of carbonyl (C=O) groups is 1. The number of hydrogen-bond acceptors (Lipinski definition) is 6. The maximum absolute atomic E-state index is 13.2. The van der Waals surface area contributed by atoms with Gasteiger partial charge in [0.1, 0.15) is 5.01 Å². The van der Waals surface area contributed by atoms with Crippen molar-refractivity contribution in [3.05, 3.63) is 69.1 Å². The second kappa shape index (κ2) is 8.43. The Morgan fingerprint density at radius 1 is 1.17 bits per heavy atom. The normalized spacial score (nSPS) is 17.2. The Hall–Kier alpha value is -2.33. The third-order valence-corrected chi connectivity index (χ3v) is 8.25. The number of hydrogen-bond donors (Lipinski definition) is 1. The number of aryl methyl sites for hydroxylation is 1. The molecule has 1 N–H and O–H groups in total. The van der Waals surface area contributed by atoms with Crippen molar-refractivity contribution in [3.63, 3.8) is 0 Å². The zero-order valence-electron chi connectivity index (χ0n) is 16.1. The van der Waals surface area contributed by atoms with Gasteiger partial charge in [0.2, 0.25) is 15.0 Å². The van der Waals surface area contributed by atoms with Crippen LogP contribution in [0.5, 0.6) is 0 Å². The molecular formula is C20H19ClN4O3S2. The number of carbonyl (C=O) groups excluding carboxylic acids is 1. The quantitative estimate of drug-likeness (QED) is 0.611. The first-order valence-corrected chi connectivity index (χ1v) is 12.0. The van der Waals surface area contributed by atoms with Crippen molar-refractivity contribution in [2.24, 2.45) is 0 Å². The standard InChI is InChI=1S/C20H19ClN4O3S2/c1-13-5-2-3-7-17(13)30(27,28)25-12-4-6-16(25)19-23-24-20(29-19)18(26)22-15-10-8-14(21)9-11-15/h2-3,5,7-11,16H,4,6,12H2,1H3,(H,22,26)/t16-/m1/s1. The van der Waals surface area contributed by atoms with Gasteiger partial charge in [-0.2, -0.15) is 4.31 Å². The first-order chi connectivity index (χ1) is 14.4. The molecule has 3 aromatic rings. The van der Waals surface area contributed by atoms with Gasteiger partial charge in [0.05, 0.1) is 10.9 Å². The van der Waals surface area contributed by atoms with E-state index in [1.165, 1.54) is 4.31 Å². The fraction of sp³-hybridized carbons (Fsp3) is 0.250. The van der Waals surface area contributed by atoms with Gasteiger partial charge in [-0.1, -0.05) is 41.1 Å². The van der Waals surface area contributed by atoms with E-state index in [-0.39, 0.29) is 5.01 Å². The largest absolute Gasteiger partial charge is 0.320 e. The van der Waals surface area contributed by atoms with Crippen molar-refractivity contribution in [2.75, 3.05) is 11.9 Å². The Morgan fingerprint density at radius 3 is 2.63 bits per heavy atom. The number of nitrogens with zero attached hydrogens (tertiary/aromatic N) is 3. The zero-order chi connectivity index (χ0) is 21.3. The van der Waals surface area contributed by atoms with Crippen LogP contribution in [-0.2, 0) is 10.0 Å². The molecule has 0 saturated carbocycles. The van der Waals surface area contributed by atoms with Gasteiger partial charge in [-0.15, -0.1) is 10.2 Å². The highest BCUT2D eigenvalue weighted by Gasteiger charge is 2.39. The van der Waals surface area contributed by atoms with E-state index in [1.54, 1.807) is 49.4 Å². The van der Waals surface area contributed by atoms with Gasteiger partial charge in [-0.3, -0.25) is 4.79 Å². The average molecular weight is 463 g/mol. The molecule has 0 radical (unpaired) electrons. The van der Waals surface area contributed by atoms with E-state index in [9.17, 15) is 13.2 Å². The number of amides is 1. The molecule has 0 spiro atoms. The Balaban J connectivity index is 1.55. The summed E-state index contributed by atoms with van der Waals surface area (Å²) in [5.41, 5.74) is 1.29. The molecule has 4 rings (SSSR count). The number of benzene rings is 2. The molecule has 2 heterocycles. The first-order valence-electron chi connectivity index (χ1n) is 9.34. The van der Waals surface area contributed by atoms with Crippen LogP contribution in [0.3, 0.4) is 0 Å². The lowest BCUT2D eigenvalue weighted by Gasteiger charge is -2.23. The van der Waals surface area contributed by atoms with Crippen molar-refractivity contribution in [1.29, 1.82) is 0 Å². The van der Waals surface area contributed by atoms with Crippen molar-refractivity contribution in [2.45, 2.75) is 30.7 Å². The minimum Gasteiger partial charge on any atom is -0.320 e. The number of rotatable bonds is 5. The molecule has 156 valence electrons. The Morgan fingerprint density at radius 2 is 1.90 bits per heavy atom. The summed E-state index contributed by atoms with van der Waals surface area (Å²) in [6.45, 7) is 2.19. The Kier molecular flexibility index (Phi) is 5.88. The molecule has 1 fully saturated rings. The fourth-order valence-electron chi connectivity index (χ4n) is 3.43. The second-order valence-corrected chi connectivity index (χ2v) is 10.3. The van der Waals surface area contributed by atoms with E-state index in [1.807, 2.05) is 6.07 Å². The summed E-state index contributed by atoms with van der Waals surface area (Å²) in [5, 5.41) is 12.1. The lowest BCUT2D eigenvalue weighted by atomic mass is 10.2. The smallest absolute Gasteiger partial charge is 0.286 e. The van der Waals surface area contributed by atoms with E-state index in [0.29, 0.717) is 39.1 Å². The highest BCUT2D eigenvalue weighted by Crippen LogP contribution is 2.38. The first kappa shape index (κ1) is 20.9. The third kappa shape index (κ3) is 4.11. The van der Waals surface area contributed by atoms with Gasteiger partial charge in [-0.05, 0) is 55.7 Å². The minimum atomic E-state index is -3.67. The van der Waals surface area contributed by atoms with Gasteiger partial charge >= 0.3 is 0 Å². The van der Waals surface area contributed by atoms with Crippen LogP contribution >= 0.6 is 22.9 Å². The average Bonchev–Trinajstić information content (AvgIpc) is 3.39. The molecule has 30 heavy (non-hydrogen) atoms. The predicted molar refractivity (Wildman–Crippen MR) is 116 cm³/mol. The van der Waals surface area contributed by atoms with Crippen LogP contribution in [0, 0.1) is 6.92 Å². The maximum atomic E-state index is 13.2. The molecule has 0 aliphatic carbocycles. The summed E-state index contributed by atoms with van der Waals surface area (Å²) >= 11 is 6.97. The molecule has 1 amide bonds. The van der Waals surface area contributed by atoms with E-state index in [2.05, 4.69) is 15.5 Å². The molecule has 1 aliphatic heterocycles. The molecule has 1 saturated heterocycles. The van der Waals surface area contributed by atoms with Crippen molar-refractivity contribution < 1.29 is 13.2 Å². The van der Waals surface area contributed by atoms with E-state index in [4.69, 9.17) is 11.6 Å². The Labute approximate surface area is 183 Å². The van der Waals surface area contributed by atoms with Crippen molar-refractivity contribution in [3.8, 4) is 0 Å².